The number of hydrogen-bond donors (Lipinski definition) is 1. The van der Waals surface area contributed by atoms with Gasteiger partial charge < -0.3 is 19.7 Å². The zero-order valence-electron chi connectivity index (χ0n) is 11.4. The maximum Gasteiger partial charge on any atom is 0.231 e. The van der Waals surface area contributed by atoms with Gasteiger partial charge in [-0.05, 0) is 24.6 Å². The van der Waals surface area contributed by atoms with Gasteiger partial charge in [0.05, 0.1) is 0 Å². The molecule has 1 N–H and O–H groups in total. The van der Waals surface area contributed by atoms with Gasteiger partial charge in [0, 0.05) is 19.3 Å². The van der Waals surface area contributed by atoms with Gasteiger partial charge in [-0.3, -0.25) is 0 Å². The molecule has 6 heteroatoms. The number of benzene rings is 1. The predicted molar refractivity (Wildman–Crippen MR) is 78.0 cm³/mol. The summed E-state index contributed by atoms with van der Waals surface area (Å²) in [6.07, 6.45) is 0. The van der Waals surface area contributed by atoms with E-state index in [4.69, 9.17) is 21.1 Å². The highest BCUT2D eigenvalue weighted by atomic mass is 35.5. The number of nitrogens with one attached hydrogen (secondary N) is 1. The molecule has 1 aromatic rings. The number of fused-ring (bicyclic) bond motifs is 1. The largest absolute Gasteiger partial charge is 0.454 e. The minimum absolute atomic E-state index is 0.291. The molecule has 0 atom stereocenters. The topological polar surface area (TPSA) is 46.1 Å². The molecule has 0 saturated carbocycles. The van der Waals surface area contributed by atoms with Gasteiger partial charge in [-0.15, -0.1) is 0 Å². The first-order chi connectivity index (χ1) is 9.65. The van der Waals surface area contributed by atoms with Crippen LogP contribution in [0.25, 0.3) is 0 Å². The maximum atomic E-state index is 6.29. The molecule has 0 amide bonds. The summed E-state index contributed by atoms with van der Waals surface area (Å²) in [6, 6.07) is 5.88. The molecular weight excluding hydrogens is 278 g/mol. The standard InChI is InChI=1S/C14H16ClN3O2/c1-9-13(15)14(17-7-18(9)2)16-6-10-3-4-11-12(5-10)20-8-19-11/h3-5H,6-8H2,1-2H3,(H,16,17). The molecule has 3 rings (SSSR count). The number of rotatable bonds is 2. The lowest BCUT2D eigenvalue weighted by molar-refractivity contribution is 0.174. The predicted octanol–water partition coefficient (Wildman–Crippen LogP) is 2.28. The van der Waals surface area contributed by atoms with Crippen molar-refractivity contribution in [1.29, 1.82) is 0 Å². The average Bonchev–Trinajstić information content (AvgIpc) is 2.91. The average molecular weight is 294 g/mol. The van der Waals surface area contributed by atoms with Crippen LogP contribution in [0, 0.1) is 0 Å². The Bertz CT molecular complexity index is 598. The fraction of sp³-hybridized carbons (Fsp3) is 0.357. The van der Waals surface area contributed by atoms with Crippen molar-refractivity contribution in [2.24, 2.45) is 4.99 Å². The highest BCUT2D eigenvalue weighted by Gasteiger charge is 2.17. The Labute approximate surface area is 122 Å². The molecule has 0 aliphatic carbocycles. The second kappa shape index (κ2) is 5.25. The molecule has 0 spiro atoms. The van der Waals surface area contributed by atoms with Gasteiger partial charge in [0.15, 0.2) is 11.5 Å². The Morgan fingerprint density at radius 2 is 2.15 bits per heavy atom. The SMILES string of the molecule is CC1=C(Cl)C(NCc2ccc3c(c2)OCO3)=NCN1C. The van der Waals surface area contributed by atoms with Crippen LogP contribution in [0.3, 0.4) is 0 Å². The first kappa shape index (κ1) is 13.1. The van der Waals surface area contributed by atoms with Crippen molar-refractivity contribution in [2.75, 3.05) is 20.5 Å². The first-order valence-electron chi connectivity index (χ1n) is 6.40. The van der Waals surface area contributed by atoms with E-state index in [2.05, 4.69) is 10.3 Å². The van der Waals surface area contributed by atoms with E-state index in [1.54, 1.807) is 0 Å². The molecule has 0 fully saturated rings. The summed E-state index contributed by atoms with van der Waals surface area (Å²) in [6.45, 7) is 3.53. The fourth-order valence-corrected chi connectivity index (χ4v) is 2.33. The van der Waals surface area contributed by atoms with Crippen molar-refractivity contribution >= 4 is 17.4 Å². The maximum absolute atomic E-state index is 6.29. The van der Waals surface area contributed by atoms with Gasteiger partial charge in [-0.2, -0.15) is 0 Å². The summed E-state index contributed by atoms with van der Waals surface area (Å²) >= 11 is 6.29. The van der Waals surface area contributed by atoms with E-state index in [0.717, 1.165) is 28.6 Å². The third-order valence-electron chi connectivity index (χ3n) is 3.44. The van der Waals surface area contributed by atoms with Gasteiger partial charge in [0.1, 0.15) is 17.5 Å². The number of hydrogen-bond acceptors (Lipinski definition) is 5. The third kappa shape index (κ3) is 2.41. The molecule has 0 unspecified atom stereocenters. The Hall–Kier alpha value is -1.88. The van der Waals surface area contributed by atoms with Crippen molar-refractivity contribution in [3.05, 3.63) is 34.5 Å². The monoisotopic (exact) mass is 293 g/mol. The second-order valence-corrected chi connectivity index (χ2v) is 5.16. The van der Waals surface area contributed by atoms with Gasteiger partial charge in [0.25, 0.3) is 0 Å². The van der Waals surface area contributed by atoms with Crippen molar-refractivity contribution in [1.82, 2.24) is 10.2 Å². The molecule has 5 nitrogen and oxygen atoms in total. The Kier molecular flexibility index (Phi) is 3.44. The van der Waals surface area contributed by atoms with Crippen molar-refractivity contribution < 1.29 is 9.47 Å². The van der Waals surface area contributed by atoms with Crippen molar-refractivity contribution in [3.8, 4) is 11.5 Å². The quantitative estimate of drug-likeness (QED) is 0.909. The zero-order chi connectivity index (χ0) is 14.1. The summed E-state index contributed by atoms with van der Waals surface area (Å²) in [4.78, 5) is 6.42. The summed E-state index contributed by atoms with van der Waals surface area (Å²) in [5.74, 6) is 2.31. The highest BCUT2D eigenvalue weighted by Crippen LogP contribution is 2.32. The molecule has 0 aromatic heterocycles. The van der Waals surface area contributed by atoms with E-state index in [1.807, 2.05) is 37.1 Å². The molecule has 2 aliphatic heterocycles. The van der Waals surface area contributed by atoms with Crippen LogP contribution in [0.4, 0.5) is 0 Å². The van der Waals surface area contributed by atoms with Gasteiger partial charge in [-0.25, -0.2) is 4.99 Å². The Morgan fingerprint density at radius 1 is 1.35 bits per heavy atom. The van der Waals surface area contributed by atoms with Crippen LogP contribution in [0.15, 0.2) is 33.9 Å². The fourth-order valence-electron chi connectivity index (χ4n) is 2.06. The normalized spacial score (nSPS) is 17.4. The van der Waals surface area contributed by atoms with Crippen LogP contribution in [-0.2, 0) is 6.54 Å². The molecule has 0 radical (unpaired) electrons. The molecule has 0 bridgehead atoms. The van der Waals surface area contributed by atoms with Crippen LogP contribution >= 0.6 is 11.6 Å². The van der Waals surface area contributed by atoms with Gasteiger partial charge in [0.2, 0.25) is 6.79 Å². The lowest BCUT2D eigenvalue weighted by Crippen LogP contribution is -2.32. The van der Waals surface area contributed by atoms with Crippen LogP contribution in [-0.4, -0.2) is 31.2 Å². The molecule has 2 heterocycles. The molecule has 1 aromatic carbocycles. The molecular formula is C14H16ClN3O2. The van der Waals surface area contributed by atoms with Crippen LogP contribution < -0.4 is 14.8 Å². The number of ether oxygens (including phenoxy) is 2. The number of amidine groups is 1. The minimum Gasteiger partial charge on any atom is -0.454 e. The lowest BCUT2D eigenvalue weighted by Gasteiger charge is -2.25. The van der Waals surface area contributed by atoms with Crippen molar-refractivity contribution in [3.63, 3.8) is 0 Å². The van der Waals surface area contributed by atoms with Crippen molar-refractivity contribution in [2.45, 2.75) is 13.5 Å². The number of allylic oxidation sites excluding steroid dienone is 1. The summed E-state index contributed by atoms with van der Waals surface area (Å²) < 4.78 is 10.7. The third-order valence-corrected chi connectivity index (χ3v) is 3.89. The summed E-state index contributed by atoms with van der Waals surface area (Å²) in [5, 5.41) is 3.93. The Morgan fingerprint density at radius 3 is 3.00 bits per heavy atom. The minimum atomic E-state index is 0.291. The van der Waals surface area contributed by atoms with E-state index in [1.165, 1.54) is 0 Å². The van der Waals surface area contributed by atoms with Crippen LogP contribution in [0.1, 0.15) is 12.5 Å². The number of aliphatic imine (C=N–C) groups is 1. The first-order valence-corrected chi connectivity index (χ1v) is 6.77. The smallest absolute Gasteiger partial charge is 0.231 e. The molecule has 20 heavy (non-hydrogen) atoms. The highest BCUT2D eigenvalue weighted by molar-refractivity contribution is 6.43. The number of halogens is 1. The number of nitrogens with zero attached hydrogens (tertiary/aromatic N) is 2. The zero-order valence-corrected chi connectivity index (χ0v) is 12.2. The van der Waals surface area contributed by atoms with Gasteiger partial charge >= 0.3 is 0 Å². The summed E-state index contributed by atoms with van der Waals surface area (Å²) in [5.41, 5.74) is 2.12. The lowest BCUT2D eigenvalue weighted by atomic mass is 10.2. The van der Waals surface area contributed by atoms with E-state index in [-0.39, 0.29) is 0 Å². The van der Waals surface area contributed by atoms with E-state index in [9.17, 15) is 0 Å². The Balaban J connectivity index is 1.68. The van der Waals surface area contributed by atoms with E-state index < -0.39 is 0 Å². The second-order valence-electron chi connectivity index (χ2n) is 4.79. The summed E-state index contributed by atoms with van der Waals surface area (Å²) in [7, 11) is 1.97. The molecule has 0 saturated heterocycles. The van der Waals surface area contributed by atoms with Crippen LogP contribution in [0.5, 0.6) is 11.5 Å². The van der Waals surface area contributed by atoms with E-state index >= 15 is 0 Å². The molecule has 106 valence electrons. The van der Waals surface area contributed by atoms with Gasteiger partial charge in [-0.1, -0.05) is 17.7 Å². The van der Waals surface area contributed by atoms with Crippen LogP contribution in [0.2, 0.25) is 0 Å². The van der Waals surface area contributed by atoms with E-state index in [0.29, 0.717) is 25.0 Å². The molecule has 2 aliphatic rings.